The molecule has 0 spiro atoms. The van der Waals surface area contributed by atoms with E-state index in [2.05, 4.69) is 9.97 Å². The van der Waals surface area contributed by atoms with E-state index in [1.54, 1.807) is 80.0 Å². The van der Waals surface area contributed by atoms with E-state index < -0.39 is 12.1 Å². The van der Waals surface area contributed by atoms with Crippen molar-refractivity contribution in [2.24, 2.45) is 0 Å². The predicted octanol–water partition coefficient (Wildman–Crippen LogP) is 9.64. The number of amides is 4. The Labute approximate surface area is 314 Å². The van der Waals surface area contributed by atoms with Crippen molar-refractivity contribution in [3.8, 4) is 11.1 Å². The second kappa shape index (κ2) is 13.8. The Morgan fingerprint density at radius 1 is 0.519 bits per heavy atom. The Morgan fingerprint density at radius 2 is 0.907 bits per heavy atom. The molecule has 0 N–H and O–H groups in total. The van der Waals surface area contributed by atoms with Gasteiger partial charge in [-0.1, -0.05) is 84.4 Å². The third kappa shape index (κ3) is 5.70. The molecule has 8 nitrogen and oxygen atoms in total. The lowest BCUT2D eigenvalue weighted by atomic mass is 9.92. The largest absolute Gasteiger partial charge is 0.269 e. The van der Waals surface area contributed by atoms with Crippen LogP contribution in [0.3, 0.4) is 0 Å². The monoisotopic (exact) mass is 732 g/mol. The van der Waals surface area contributed by atoms with Gasteiger partial charge in [-0.25, -0.2) is 4.39 Å². The topological polar surface area (TPSA) is 101 Å². The van der Waals surface area contributed by atoms with Crippen LogP contribution in [-0.4, -0.2) is 43.4 Å². The Bertz CT molecular complexity index is 2610. The number of fused-ring (bicyclic) bond motifs is 4. The third-order valence-corrected chi connectivity index (χ3v) is 10.4. The van der Waals surface area contributed by atoms with Gasteiger partial charge < -0.3 is 0 Å². The average molecular weight is 733 g/mol. The zero-order valence-corrected chi connectivity index (χ0v) is 29.8. The van der Waals surface area contributed by atoms with E-state index in [0.717, 1.165) is 38.5 Å². The standard InChI is InChI=1S/C25H17FN2O2.C19H13ClN2O2/c1-15(28-24(29)18-6-2-3-7-19(18)25(28)30)21-14-27-22-9-5-4-8-20(22)23(21)16-10-12-17(26)13-11-16;1-11(15-10-21-16-9-5-4-8-14(16)17(15)20)22-18(23)12-6-2-3-7-13(12)19(22)24/h2-15H,1H3;2-11H,1H3. The number of imide groups is 2. The van der Waals surface area contributed by atoms with Crippen molar-refractivity contribution >= 4 is 57.0 Å². The molecule has 2 atom stereocenters. The number of rotatable bonds is 5. The highest BCUT2D eigenvalue weighted by atomic mass is 35.5. The molecule has 54 heavy (non-hydrogen) atoms. The number of halogens is 2. The molecule has 0 saturated carbocycles. The van der Waals surface area contributed by atoms with Crippen LogP contribution in [-0.2, 0) is 0 Å². The second-order valence-corrected chi connectivity index (χ2v) is 13.4. The zero-order chi connectivity index (χ0) is 37.7. The number of carbonyl (C=O) groups excluding carboxylic acids is 4. The number of carbonyl (C=O) groups is 4. The van der Waals surface area contributed by atoms with Gasteiger partial charge in [0.1, 0.15) is 5.82 Å². The highest BCUT2D eigenvalue weighted by molar-refractivity contribution is 6.36. The summed E-state index contributed by atoms with van der Waals surface area (Å²) >= 11 is 6.53. The van der Waals surface area contributed by atoms with Crippen LogP contribution in [0.4, 0.5) is 4.39 Å². The molecule has 2 aliphatic heterocycles. The number of aromatic nitrogens is 2. The quantitative estimate of drug-likeness (QED) is 0.163. The summed E-state index contributed by atoms with van der Waals surface area (Å²) in [7, 11) is 0. The first kappa shape index (κ1) is 34.5. The summed E-state index contributed by atoms with van der Waals surface area (Å²) in [5, 5.41) is 2.20. The maximum atomic E-state index is 13.6. The van der Waals surface area contributed by atoms with Crippen LogP contribution in [0.15, 0.2) is 134 Å². The number of hydrogen-bond donors (Lipinski definition) is 0. The summed E-state index contributed by atoms with van der Waals surface area (Å²) in [4.78, 5) is 62.8. The molecule has 4 amide bonds. The van der Waals surface area contributed by atoms with Crippen LogP contribution in [0.5, 0.6) is 0 Å². The van der Waals surface area contributed by atoms with Gasteiger partial charge in [0.15, 0.2) is 0 Å². The van der Waals surface area contributed by atoms with Gasteiger partial charge in [-0.05, 0) is 73.5 Å². The maximum Gasteiger partial charge on any atom is 0.262 e. The van der Waals surface area contributed by atoms with Crippen molar-refractivity contribution in [1.29, 1.82) is 0 Å². The minimum Gasteiger partial charge on any atom is -0.269 e. The minimum atomic E-state index is -0.547. The first-order chi connectivity index (χ1) is 26.2. The predicted molar refractivity (Wildman–Crippen MR) is 205 cm³/mol. The van der Waals surface area contributed by atoms with Gasteiger partial charge in [-0.15, -0.1) is 0 Å². The molecule has 4 heterocycles. The van der Waals surface area contributed by atoms with Crippen LogP contribution < -0.4 is 0 Å². The molecular weight excluding hydrogens is 703 g/mol. The van der Waals surface area contributed by atoms with Crippen LogP contribution >= 0.6 is 11.6 Å². The molecule has 0 saturated heterocycles. The molecule has 0 bridgehead atoms. The van der Waals surface area contributed by atoms with Gasteiger partial charge in [-0.3, -0.25) is 38.9 Å². The fourth-order valence-electron chi connectivity index (χ4n) is 7.22. The normalized spacial score (nSPS) is 14.6. The van der Waals surface area contributed by atoms with E-state index >= 15 is 0 Å². The molecule has 5 aromatic carbocycles. The van der Waals surface area contributed by atoms with Crippen LogP contribution in [0.25, 0.3) is 32.9 Å². The van der Waals surface area contributed by atoms with Crippen molar-refractivity contribution in [1.82, 2.24) is 19.8 Å². The molecule has 2 aliphatic rings. The summed E-state index contributed by atoms with van der Waals surface area (Å²) in [6, 6.07) is 34.0. The van der Waals surface area contributed by atoms with Crippen molar-refractivity contribution in [2.75, 3.05) is 0 Å². The smallest absolute Gasteiger partial charge is 0.262 e. The van der Waals surface area contributed by atoms with E-state index in [4.69, 9.17) is 11.6 Å². The zero-order valence-electron chi connectivity index (χ0n) is 29.0. The third-order valence-electron chi connectivity index (χ3n) is 10.0. The summed E-state index contributed by atoms with van der Waals surface area (Å²) in [5.41, 5.74) is 6.27. The number of para-hydroxylation sites is 2. The number of benzene rings is 5. The summed E-state index contributed by atoms with van der Waals surface area (Å²) < 4.78 is 13.6. The average Bonchev–Trinajstić information content (AvgIpc) is 3.61. The summed E-state index contributed by atoms with van der Waals surface area (Å²) in [5.74, 6) is -1.56. The fourth-order valence-corrected chi connectivity index (χ4v) is 7.59. The fraction of sp³-hybridized carbons (Fsp3) is 0.0909. The van der Waals surface area contributed by atoms with Gasteiger partial charge in [-0.2, -0.15) is 0 Å². The van der Waals surface area contributed by atoms with Crippen molar-refractivity contribution < 1.29 is 23.6 Å². The number of nitrogens with zero attached hydrogens (tertiary/aromatic N) is 4. The molecule has 0 aliphatic carbocycles. The summed E-state index contributed by atoms with van der Waals surface area (Å²) in [6.07, 6.45) is 3.34. The SMILES string of the molecule is CC(c1cnc2ccccc2c1-c1ccc(F)cc1)N1C(=O)c2ccccc2C1=O.CC(c1cnc2ccccc2c1Cl)N1C(=O)c2ccccc2C1=O. The van der Waals surface area contributed by atoms with Gasteiger partial charge in [0.05, 0.1) is 50.4 Å². The second-order valence-electron chi connectivity index (χ2n) is 13.1. The first-order valence-electron chi connectivity index (χ1n) is 17.3. The van der Waals surface area contributed by atoms with E-state index in [-0.39, 0.29) is 29.4 Å². The minimum absolute atomic E-state index is 0.299. The maximum absolute atomic E-state index is 13.6. The highest BCUT2D eigenvalue weighted by Crippen LogP contribution is 2.40. The van der Waals surface area contributed by atoms with E-state index in [9.17, 15) is 23.6 Å². The molecule has 9 rings (SSSR count). The van der Waals surface area contributed by atoms with Crippen molar-refractivity contribution in [3.05, 3.63) is 178 Å². The molecular formula is C44H30ClFN4O4. The van der Waals surface area contributed by atoms with Crippen LogP contribution in [0.2, 0.25) is 5.02 Å². The molecule has 264 valence electrons. The summed E-state index contributed by atoms with van der Waals surface area (Å²) in [6.45, 7) is 3.61. The molecule has 10 heteroatoms. The van der Waals surface area contributed by atoms with Gasteiger partial charge in [0, 0.05) is 34.3 Å². The van der Waals surface area contributed by atoms with Crippen LogP contribution in [0.1, 0.15) is 78.5 Å². The number of hydrogen-bond acceptors (Lipinski definition) is 6. The lowest BCUT2D eigenvalue weighted by molar-refractivity contribution is 0.0579. The molecule has 0 fully saturated rings. The molecule has 2 aromatic heterocycles. The van der Waals surface area contributed by atoms with Gasteiger partial charge in [0.2, 0.25) is 0 Å². The lowest BCUT2D eigenvalue weighted by Crippen LogP contribution is -2.33. The Hall–Kier alpha value is -6.58. The van der Waals surface area contributed by atoms with E-state index in [1.807, 2.05) is 55.5 Å². The van der Waals surface area contributed by atoms with Gasteiger partial charge >= 0.3 is 0 Å². The highest BCUT2D eigenvalue weighted by Gasteiger charge is 2.40. The van der Waals surface area contributed by atoms with Crippen LogP contribution in [0, 0.1) is 5.82 Å². The Morgan fingerprint density at radius 3 is 1.41 bits per heavy atom. The molecule has 7 aromatic rings. The van der Waals surface area contributed by atoms with E-state index in [0.29, 0.717) is 32.8 Å². The lowest BCUT2D eigenvalue weighted by Gasteiger charge is -2.25. The Kier molecular flexibility index (Phi) is 8.79. The van der Waals surface area contributed by atoms with E-state index in [1.165, 1.54) is 21.9 Å². The molecule has 2 unspecified atom stereocenters. The molecule has 0 radical (unpaired) electrons. The Balaban J connectivity index is 0.000000157. The van der Waals surface area contributed by atoms with Crippen molar-refractivity contribution in [2.45, 2.75) is 25.9 Å². The first-order valence-corrected chi connectivity index (χ1v) is 17.6. The van der Waals surface area contributed by atoms with Crippen molar-refractivity contribution in [3.63, 3.8) is 0 Å². The van der Waals surface area contributed by atoms with Gasteiger partial charge in [0.25, 0.3) is 23.6 Å². The number of pyridine rings is 2.